The van der Waals surface area contributed by atoms with Gasteiger partial charge in [-0.15, -0.1) is 10.2 Å². The number of aromatic nitrogens is 4. The monoisotopic (exact) mass is 532 g/mol. The number of hydrogen-bond donors (Lipinski definition) is 3. The summed E-state index contributed by atoms with van der Waals surface area (Å²) in [6.45, 7) is 2.44. The lowest BCUT2D eigenvalue weighted by Gasteiger charge is -2.30. The van der Waals surface area contributed by atoms with Crippen molar-refractivity contribution in [3.8, 4) is 0 Å². The highest BCUT2D eigenvalue weighted by molar-refractivity contribution is 6.36. The first-order valence-corrected chi connectivity index (χ1v) is 11.8. The Morgan fingerprint density at radius 2 is 1.86 bits per heavy atom. The normalized spacial score (nSPS) is 13.8. The third-order valence-corrected chi connectivity index (χ3v) is 6.63. The Labute approximate surface area is 214 Å². The van der Waals surface area contributed by atoms with Gasteiger partial charge in [0.05, 0.1) is 11.4 Å². The zero-order valence-electron chi connectivity index (χ0n) is 18.7. The molecule has 4 aromatic rings. The Balaban J connectivity index is 1.58. The second-order valence-electron chi connectivity index (χ2n) is 8.16. The van der Waals surface area contributed by atoms with Crippen molar-refractivity contribution in [1.29, 1.82) is 0 Å². The molecule has 36 heavy (non-hydrogen) atoms. The van der Waals surface area contributed by atoms with E-state index in [2.05, 4.69) is 25.8 Å². The van der Waals surface area contributed by atoms with E-state index in [9.17, 15) is 9.18 Å². The Hall–Kier alpha value is -3.54. The first kappa shape index (κ1) is 24.2. The van der Waals surface area contributed by atoms with Crippen molar-refractivity contribution in [3.63, 3.8) is 0 Å². The van der Waals surface area contributed by atoms with Crippen LogP contribution in [-0.4, -0.2) is 51.7 Å². The Morgan fingerprint density at radius 1 is 1.14 bits per heavy atom. The lowest BCUT2D eigenvalue weighted by Crippen LogP contribution is -2.43. The van der Waals surface area contributed by atoms with E-state index < -0.39 is 17.5 Å². The summed E-state index contributed by atoms with van der Waals surface area (Å²) < 4.78 is 31.6. The minimum Gasteiger partial charge on any atom is -0.367 e. The van der Waals surface area contributed by atoms with Crippen LogP contribution < -0.4 is 21.3 Å². The third-order valence-electron chi connectivity index (χ3n) is 5.92. The van der Waals surface area contributed by atoms with Crippen LogP contribution in [0.3, 0.4) is 0 Å². The molecule has 186 valence electrons. The van der Waals surface area contributed by atoms with Gasteiger partial charge in [-0.25, -0.2) is 13.8 Å². The van der Waals surface area contributed by atoms with Gasteiger partial charge in [-0.2, -0.15) is 0 Å². The van der Waals surface area contributed by atoms with E-state index in [0.29, 0.717) is 47.6 Å². The highest BCUT2D eigenvalue weighted by atomic mass is 35.5. The molecule has 1 aliphatic rings. The number of nitrogens with zero attached hydrogens (tertiary/aromatic N) is 5. The fourth-order valence-electron chi connectivity index (χ4n) is 4.15. The second kappa shape index (κ2) is 9.84. The molecule has 1 saturated heterocycles. The van der Waals surface area contributed by atoms with Crippen LogP contribution in [0.5, 0.6) is 0 Å². The van der Waals surface area contributed by atoms with Crippen LogP contribution in [0.15, 0.2) is 36.7 Å². The summed E-state index contributed by atoms with van der Waals surface area (Å²) in [5.74, 6) is -1.97. The highest BCUT2D eigenvalue weighted by Gasteiger charge is 2.24. The van der Waals surface area contributed by atoms with Crippen LogP contribution in [0.2, 0.25) is 10.0 Å². The van der Waals surface area contributed by atoms with Crippen molar-refractivity contribution in [3.05, 3.63) is 75.3 Å². The van der Waals surface area contributed by atoms with Crippen molar-refractivity contribution in [1.82, 2.24) is 24.9 Å². The first-order valence-electron chi connectivity index (χ1n) is 11.0. The molecule has 2 aromatic heterocycles. The summed E-state index contributed by atoms with van der Waals surface area (Å²) >= 11 is 12.7. The number of piperazine rings is 1. The number of fused-ring (bicyclic) bond motifs is 1. The van der Waals surface area contributed by atoms with Crippen molar-refractivity contribution < 1.29 is 13.6 Å². The SMILES string of the molecule is NC(=O)c1c(Nc2cc(F)c(N3CCNCC3)cc2F)nc(Cc2c(Cl)cccc2Cl)n2cnnc12. The molecule has 1 fully saturated rings. The van der Waals surface area contributed by atoms with Gasteiger partial charge in [-0.1, -0.05) is 29.3 Å². The van der Waals surface area contributed by atoms with Crippen molar-refractivity contribution >= 4 is 51.9 Å². The molecule has 0 saturated carbocycles. The van der Waals surface area contributed by atoms with Gasteiger partial charge in [0.2, 0.25) is 0 Å². The molecule has 0 aliphatic carbocycles. The maximum Gasteiger partial charge on any atom is 0.256 e. The van der Waals surface area contributed by atoms with Gasteiger partial charge < -0.3 is 21.3 Å². The summed E-state index contributed by atoms with van der Waals surface area (Å²) in [4.78, 5) is 18.6. The molecule has 1 aliphatic heterocycles. The number of nitrogens with two attached hydrogens (primary N) is 1. The van der Waals surface area contributed by atoms with Crippen LogP contribution in [0, 0.1) is 11.6 Å². The third kappa shape index (κ3) is 4.52. The standard InChI is InChI=1S/C23H20Cl2F2N8O/c24-13-2-1-3-14(25)12(13)8-19-32-22(20(21(28)36)23-33-30-11-35(19)23)31-17-9-16(27)18(10-15(17)26)34-6-4-29-5-7-34/h1-3,9-11,29,31H,4-8H2,(H2,28,36). The number of carbonyl (C=O) groups is 1. The van der Waals surface area contributed by atoms with E-state index in [4.69, 9.17) is 28.9 Å². The Bertz CT molecular complexity index is 1450. The summed E-state index contributed by atoms with van der Waals surface area (Å²) in [5.41, 5.74) is 6.10. The predicted molar refractivity (Wildman–Crippen MR) is 133 cm³/mol. The van der Waals surface area contributed by atoms with Gasteiger partial charge in [-0.05, 0) is 17.7 Å². The number of carbonyl (C=O) groups excluding carboxylic acids is 1. The molecular weight excluding hydrogens is 513 g/mol. The Kier molecular flexibility index (Phi) is 6.61. The van der Waals surface area contributed by atoms with Gasteiger partial charge in [0.15, 0.2) is 5.65 Å². The first-order chi connectivity index (χ1) is 17.3. The second-order valence-corrected chi connectivity index (χ2v) is 8.98. The molecule has 0 spiro atoms. The largest absolute Gasteiger partial charge is 0.367 e. The van der Waals surface area contributed by atoms with Crippen LogP contribution >= 0.6 is 23.2 Å². The number of primary amides is 1. The van der Waals surface area contributed by atoms with Gasteiger partial charge in [0, 0.05) is 54.8 Å². The predicted octanol–water partition coefficient (Wildman–Crippen LogP) is 3.55. The van der Waals surface area contributed by atoms with Gasteiger partial charge >= 0.3 is 0 Å². The summed E-state index contributed by atoms with van der Waals surface area (Å²) in [6, 6.07) is 7.22. The van der Waals surface area contributed by atoms with E-state index in [0.717, 1.165) is 12.1 Å². The van der Waals surface area contributed by atoms with Gasteiger partial charge in [0.1, 0.15) is 35.2 Å². The quantitative estimate of drug-likeness (QED) is 0.348. The topological polar surface area (TPSA) is 113 Å². The molecule has 4 N–H and O–H groups in total. The molecule has 9 nitrogen and oxygen atoms in total. The molecule has 2 aromatic carbocycles. The van der Waals surface area contributed by atoms with Crippen LogP contribution in [-0.2, 0) is 6.42 Å². The molecule has 3 heterocycles. The summed E-state index contributed by atoms with van der Waals surface area (Å²) in [7, 11) is 0. The van der Waals surface area contributed by atoms with E-state index in [1.54, 1.807) is 23.1 Å². The highest BCUT2D eigenvalue weighted by Crippen LogP contribution is 2.32. The zero-order chi connectivity index (χ0) is 25.4. The Morgan fingerprint density at radius 3 is 2.56 bits per heavy atom. The average molecular weight is 533 g/mol. The summed E-state index contributed by atoms with van der Waals surface area (Å²) in [6.07, 6.45) is 1.50. The maximum absolute atomic E-state index is 15.1. The number of halogens is 4. The number of benzene rings is 2. The fraction of sp³-hybridized carbons (Fsp3) is 0.217. The van der Waals surface area contributed by atoms with Gasteiger partial charge in [-0.3, -0.25) is 9.20 Å². The number of anilines is 3. The van der Waals surface area contributed by atoms with Crippen LogP contribution in [0.1, 0.15) is 21.7 Å². The van der Waals surface area contributed by atoms with E-state index in [1.807, 2.05) is 0 Å². The van der Waals surface area contributed by atoms with Gasteiger partial charge in [0.25, 0.3) is 5.91 Å². The number of hydrogen-bond acceptors (Lipinski definition) is 7. The lowest BCUT2D eigenvalue weighted by molar-refractivity contribution is 0.100. The van der Waals surface area contributed by atoms with E-state index in [1.165, 1.54) is 10.7 Å². The van der Waals surface area contributed by atoms with Crippen molar-refractivity contribution in [2.75, 3.05) is 36.4 Å². The molecule has 5 rings (SSSR count). The maximum atomic E-state index is 15.1. The molecule has 0 bridgehead atoms. The number of nitrogens with one attached hydrogen (secondary N) is 2. The summed E-state index contributed by atoms with van der Waals surface area (Å²) in [5, 5.41) is 14.6. The minimum atomic E-state index is -0.872. The average Bonchev–Trinajstić information content (AvgIpc) is 3.33. The van der Waals surface area contributed by atoms with Crippen molar-refractivity contribution in [2.24, 2.45) is 5.73 Å². The van der Waals surface area contributed by atoms with E-state index in [-0.39, 0.29) is 34.8 Å². The van der Waals surface area contributed by atoms with E-state index >= 15 is 4.39 Å². The molecule has 0 unspecified atom stereocenters. The molecule has 0 radical (unpaired) electrons. The van der Waals surface area contributed by atoms with Crippen molar-refractivity contribution in [2.45, 2.75) is 6.42 Å². The van der Waals surface area contributed by atoms with Crippen LogP contribution in [0.4, 0.5) is 26.0 Å². The lowest BCUT2D eigenvalue weighted by atomic mass is 10.1. The number of rotatable bonds is 6. The zero-order valence-corrected chi connectivity index (χ0v) is 20.2. The fourth-order valence-corrected chi connectivity index (χ4v) is 4.68. The van der Waals surface area contributed by atoms with Crippen LogP contribution in [0.25, 0.3) is 5.65 Å². The minimum absolute atomic E-state index is 0.0940. The molecule has 0 atom stereocenters. The molecule has 13 heteroatoms. The molecule has 1 amide bonds. The molecular formula is C23H20Cl2F2N8O. The smallest absolute Gasteiger partial charge is 0.256 e. The number of amides is 1.